The van der Waals surface area contributed by atoms with Crippen molar-refractivity contribution < 1.29 is 14.0 Å². The highest BCUT2D eigenvalue weighted by molar-refractivity contribution is 6.03. The predicted molar refractivity (Wildman–Crippen MR) is 90.3 cm³/mol. The van der Waals surface area contributed by atoms with Crippen molar-refractivity contribution in [2.24, 2.45) is 0 Å². The molecule has 3 N–H and O–H groups in total. The van der Waals surface area contributed by atoms with Crippen molar-refractivity contribution in [3.05, 3.63) is 47.4 Å². The van der Waals surface area contributed by atoms with Gasteiger partial charge in [0.2, 0.25) is 5.91 Å². The molecule has 0 spiro atoms. The molecule has 7 nitrogen and oxygen atoms in total. The number of nitrogens with zero attached hydrogens (tertiary/aromatic N) is 2. The fourth-order valence-electron chi connectivity index (χ4n) is 2.78. The Morgan fingerprint density at radius 1 is 1.44 bits per heavy atom. The van der Waals surface area contributed by atoms with E-state index in [0.29, 0.717) is 17.9 Å². The van der Waals surface area contributed by atoms with Gasteiger partial charge in [-0.05, 0) is 31.5 Å². The fourth-order valence-corrected chi connectivity index (χ4v) is 2.78. The van der Waals surface area contributed by atoms with Gasteiger partial charge in [-0.3, -0.25) is 14.9 Å². The fraction of sp³-hybridized carbons (Fsp3) is 0.353. The molecule has 2 amide bonds. The summed E-state index contributed by atoms with van der Waals surface area (Å²) in [6, 6.07) is 7.17. The van der Waals surface area contributed by atoms with Gasteiger partial charge in [0.05, 0.1) is 5.69 Å². The number of benzene rings is 1. The lowest BCUT2D eigenvalue weighted by molar-refractivity contribution is -0.125. The molecule has 0 bridgehead atoms. The molecule has 2 unspecified atom stereocenters. The van der Waals surface area contributed by atoms with Crippen LogP contribution in [0.15, 0.2) is 30.3 Å². The van der Waals surface area contributed by atoms with Crippen LogP contribution in [0.5, 0.6) is 0 Å². The maximum absolute atomic E-state index is 13.3. The minimum absolute atomic E-state index is 0.0371. The van der Waals surface area contributed by atoms with Gasteiger partial charge in [0, 0.05) is 24.1 Å². The molecule has 0 aliphatic carbocycles. The van der Waals surface area contributed by atoms with E-state index in [4.69, 9.17) is 0 Å². The second-order valence-electron chi connectivity index (χ2n) is 6.03. The number of hydrogen-bond donors (Lipinski definition) is 3. The van der Waals surface area contributed by atoms with Crippen molar-refractivity contribution in [1.29, 1.82) is 0 Å². The molecular weight excluding hydrogens is 325 g/mol. The second kappa shape index (κ2) is 7.02. The van der Waals surface area contributed by atoms with E-state index in [1.54, 1.807) is 13.0 Å². The van der Waals surface area contributed by atoms with Crippen molar-refractivity contribution >= 4 is 17.6 Å². The number of anilines is 1. The third-order valence-corrected chi connectivity index (χ3v) is 4.05. The quantitative estimate of drug-likeness (QED) is 0.790. The first kappa shape index (κ1) is 17.1. The minimum Gasteiger partial charge on any atom is -0.322 e. The van der Waals surface area contributed by atoms with Crippen molar-refractivity contribution in [2.75, 3.05) is 5.32 Å². The zero-order valence-electron chi connectivity index (χ0n) is 14.0. The highest BCUT2D eigenvalue weighted by Gasteiger charge is 2.28. The van der Waals surface area contributed by atoms with Crippen LogP contribution >= 0.6 is 0 Å². The van der Waals surface area contributed by atoms with Crippen LogP contribution in [0.4, 0.5) is 10.2 Å². The Balaban J connectivity index is 1.83. The van der Waals surface area contributed by atoms with Crippen LogP contribution in [0.3, 0.4) is 0 Å². The number of nitrogens with one attached hydrogen (secondary N) is 3. The van der Waals surface area contributed by atoms with Gasteiger partial charge in [0.1, 0.15) is 11.6 Å². The normalized spacial score (nSPS) is 20.2. The lowest BCUT2D eigenvalue weighted by Gasteiger charge is -2.31. The maximum atomic E-state index is 13.3. The van der Waals surface area contributed by atoms with Crippen LogP contribution in [0, 0.1) is 12.7 Å². The number of aryl methyl sites for hydroxylation is 1. The van der Waals surface area contributed by atoms with Gasteiger partial charge in [-0.1, -0.05) is 13.0 Å². The summed E-state index contributed by atoms with van der Waals surface area (Å²) in [7, 11) is 0. The van der Waals surface area contributed by atoms with Gasteiger partial charge in [-0.25, -0.2) is 9.07 Å². The molecule has 132 valence electrons. The van der Waals surface area contributed by atoms with Gasteiger partial charge in [0.25, 0.3) is 5.91 Å². The Morgan fingerprint density at radius 3 is 2.96 bits per heavy atom. The standard InChI is InChI=1S/C17H20FN5O2/c1-3-13-9-15(24)21-17(19-13)23-14(7-10(2)22-23)20-16(25)11-5-4-6-12(18)8-11/h4-8,13,17,19H,3,9H2,1-2H3,(H,20,25)(H,21,24). The molecule has 0 radical (unpaired) electrons. The van der Waals surface area contributed by atoms with E-state index in [2.05, 4.69) is 21.0 Å². The number of carbonyl (C=O) groups is 2. The molecule has 1 aromatic heterocycles. The number of amides is 2. The first-order valence-electron chi connectivity index (χ1n) is 8.14. The Bertz CT molecular complexity index is 804. The second-order valence-corrected chi connectivity index (χ2v) is 6.03. The molecule has 3 rings (SSSR count). The molecule has 25 heavy (non-hydrogen) atoms. The summed E-state index contributed by atoms with van der Waals surface area (Å²) in [5, 5.41) is 13.2. The Hall–Kier alpha value is -2.74. The molecule has 1 aliphatic heterocycles. The van der Waals surface area contributed by atoms with Crippen LogP contribution in [0.1, 0.15) is 42.1 Å². The summed E-state index contributed by atoms with van der Waals surface area (Å²) >= 11 is 0. The SMILES string of the molecule is CCC1CC(=O)NC(n2nc(C)cc2NC(=O)c2cccc(F)c2)N1. The van der Waals surface area contributed by atoms with Crippen molar-refractivity contribution in [3.8, 4) is 0 Å². The number of aromatic nitrogens is 2. The largest absolute Gasteiger partial charge is 0.322 e. The molecule has 2 atom stereocenters. The first-order valence-corrected chi connectivity index (χ1v) is 8.14. The molecule has 2 aromatic rings. The highest BCUT2D eigenvalue weighted by atomic mass is 19.1. The summed E-state index contributed by atoms with van der Waals surface area (Å²) in [6.45, 7) is 3.78. The summed E-state index contributed by atoms with van der Waals surface area (Å²) in [4.78, 5) is 24.3. The van der Waals surface area contributed by atoms with E-state index in [9.17, 15) is 14.0 Å². The van der Waals surface area contributed by atoms with Crippen LogP contribution in [-0.2, 0) is 4.79 Å². The predicted octanol–water partition coefficient (Wildman–Crippen LogP) is 1.93. The van der Waals surface area contributed by atoms with E-state index in [1.165, 1.54) is 22.9 Å². The smallest absolute Gasteiger partial charge is 0.256 e. The third-order valence-electron chi connectivity index (χ3n) is 4.05. The van der Waals surface area contributed by atoms with Crippen LogP contribution < -0.4 is 16.0 Å². The van der Waals surface area contributed by atoms with Gasteiger partial charge < -0.3 is 10.6 Å². The van der Waals surface area contributed by atoms with Crippen molar-refractivity contribution in [1.82, 2.24) is 20.4 Å². The Kier molecular flexibility index (Phi) is 4.80. The molecular formula is C17H20FN5O2. The molecule has 8 heteroatoms. The van der Waals surface area contributed by atoms with E-state index in [-0.39, 0.29) is 17.5 Å². The van der Waals surface area contributed by atoms with E-state index in [1.807, 2.05) is 6.92 Å². The average Bonchev–Trinajstić information content (AvgIpc) is 2.94. The van der Waals surface area contributed by atoms with Gasteiger partial charge in [-0.2, -0.15) is 5.10 Å². The van der Waals surface area contributed by atoms with E-state index >= 15 is 0 Å². The number of carbonyl (C=O) groups excluding carboxylic acids is 2. The highest BCUT2D eigenvalue weighted by Crippen LogP contribution is 2.19. The topological polar surface area (TPSA) is 88.1 Å². The number of hydrogen-bond acceptors (Lipinski definition) is 4. The molecule has 1 fully saturated rings. The lowest BCUT2D eigenvalue weighted by Crippen LogP contribution is -2.53. The average molecular weight is 345 g/mol. The monoisotopic (exact) mass is 345 g/mol. The number of rotatable bonds is 4. The third kappa shape index (κ3) is 3.85. The van der Waals surface area contributed by atoms with Crippen molar-refractivity contribution in [3.63, 3.8) is 0 Å². The van der Waals surface area contributed by atoms with Gasteiger partial charge in [0.15, 0.2) is 6.29 Å². The van der Waals surface area contributed by atoms with Crippen LogP contribution in [0.25, 0.3) is 0 Å². The molecule has 1 saturated heterocycles. The van der Waals surface area contributed by atoms with Crippen LogP contribution in [0.2, 0.25) is 0 Å². The summed E-state index contributed by atoms with van der Waals surface area (Å²) in [5.41, 5.74) is 0.890. The summed E-state index contributed by atoms with van der Waals surface area (Å²) in [6.07, 6.45) is 0.649. The molecule has 0 saturated carbocycles. The van der Waals surface area contributed by atoms with Crippen molar-refractivity contribution in [2.45, 2.75) is 39.0 Å². The maximum Gasteiger partial charge on any atom is 0.256 e. The lowest BCUT2D eigenvalue weighted by atomic mass is 10.1. The van der Waals surface area contributed by atoms with E-state index < -0.39 is 18.0 Å². The van der Waals surface area contributed by atoms with Gasteiger partial charge >= 0.3 is 0 Å². The zero-order valence-corrected chi connectivity index (χ0v) is 14.0. The molecule has 2 heterocycles. The Labute approximate surface area is 144 Å². The molecule has 1 aliphatic rings. The summed E-state index contributed by atoms with van der Waals surface area (Å²) < 4.78 is 14.8. The van der Waals surface area contributed by atoms with Gasteiger partial charge in [-0.15, -0.1) is 0 Å². The Morgan fingerprint density at radius 2 is 2.24 bits per heavy atom. The summed E-state index contributed by atoms with van der Waals surface area (Å²) in [5.74, 6) is -0.591. The zero-order chi connectivity index (χ0) is 18.0. The van der Waals surface area contributed by atoms with Crippen LogP contribution in [-0.4, -0.2) is 27.6 Å². The first-order chi connectivity index (χ1) is 12.0. The van der Waals surface area contributed by atoms with E-state index in [0.717, 1.165) is 12.5 Å². The number of halogens is 1. The molecule has 1 aromatic carbocycles. The minimum atomic E-state index is -0.553.